The molecule has 1 heterocycles. The minimum atomic E-state index is 1.02. The van der Waals surface area contributed by atoms with E-state index in [4.69, 9.17) is 0 Å². The molecule has 23 heavy (non-hydrogen) atoms. The minimum absolute atomic E-state index is 1.02. The third-order valence-electron chi connectivity index (χ3n) is 4.46. The molecule has 0 saturated heterocycles. The van der Waals surface area contributed by atoms with Crippen LogP contribution in [0.5, 0.6) is 0 Å². The van der Waals surface area contributed by atoms with E-state index in [0.717, 1.165) is 11.2 Å². The summed E-state index contributed by atoms with van der Waals surface area (Å²) >= 11 is 0. The number of rotatable bonds is 2. The van der Waals surface area contributed by atoms with Crippen molar-refractivity contribution in [3.8, 4) is 22.4 Å². The first-order valence-electron chi connectivity index (χ1n) is 7.85. The first-order valence-corrected chi connectivity index (χ1v) is 7.85. The van der Waals surface area contributed by atoms with Crippen LogP contribution < -0.4 is 0 Å². The minimum Gasteiger partial charge on any atom is -0.277 e. The largest absolute Gasteiger partial charge is 0.277 e. The summed E-state index contributed by atoms with van der Waals surface area (Å²) in [4.78, 5) is 0. The van der Waals surface area contributed by atoms with Crippen molar-refractivity contribution in [3.63, 3.8) is 0 Å². The van der Waals surface area contributed by atoms with Crippen LogP contribution in [0.3, 0.4) is 0 Å². The van der Waals surface area contributed by atoms with E-state index in [1.807, 2.05) is 6.07 Å². The summed E-state index contributed by atoms with van der Waals surface area (Å²) < 4.78 is 0. The number of aromatic amines is 1. The highest BCUT2D eigenvalue weighted by Gasteiger charge is 2.14. The lowest BCUT2D eigenvalue weighted by Gasteiger charge is -2.14. The molecular weight excluding hydrogens is 280 g/mol. The second-order valence-corrected chi connectivity index (χ2v) is 5.91. The molecular formula is C21H18N2. The van der Waals surface area contributed by atoms with E-state index in [2.05, 4.69) is 84.7 Å². The summed E-state index contributed by atoms with van der Waals surface area (Å²) in [5, 5.41) is 8.87. The van der Waals surface area contributed by atoms with Crippen molar-refractivity contribution in [2.24, 2.45) is 0 Å². The molecule has 3 aromatic carbocycles. The molecule has 0 amide bonds. The topological polar surface area (TPSA) is 28.7 Å². The number of hydrogen-bond donors (Lipinski definition) is 1. The third-order valence-corrected chi connectivity index (χ3v) is 4.46. The van der Waals surface area contributed by atoms with E-state index in [9.17, 15) is 0 Å². The van der Waals surface area contributed by atoms with Gasteiger partial charge in [0.1, 0.15) is 5.69 Å². The van der Waals surface area contributed by atoms with Crippen molar-refractivity contribution in [3.05, 3.63) is 77.9 Å². The van der Waals surface area contributed by atoms with Crippen molar-refractivity contribution in [2.45, 2.75) is 13.8 Å². The molecule has 4 aromatic rings. The summed E-state index contributed by atoms with van der Waals surface area (Å²) in [5.74, 6) is 0. The normalized spacial score (nSPS) is 11.0. The molecule has 1 aromatic heterocycles. The predicted molar refractivity (Wildman–Crippen MR) is 96.4 cm³/mol. The monoisotopic (exact) mass is 298 g/mol. The number of fused-ring (bicyclic) bond motifs is 1. The molecule has 0 radical (unpaired) electrons. The Morgan fingerprint density at radius 1 is 0.783 bits per heavy atom. The van der Waals surface area contributed by atoms with Crippen molar-refractivity contribution >= 4 is 10.9 Å². The van der Waals surface area contributed by atoms with E-state index < -0.39 is 0 Å². The zero-order chi connectivity index (χ0) is 15.8. The summed E-state index contributed by atoms with van der Waals surface area (Å²) in [6.07, 6.45) is 0. The molecule has 2 heteroatoms. The molecule has 0 atom stereocenters. The second-order valence-electron chi connectivity index (χ2n) is 5.91. The van der Waals surface area contributed by atoms with E-state index in [0.29, 0.717) is 0 Å². The number of para-hydroxylation sites is 1. The Balaban J connectivity index is 1.98. The number of aromatic nitrogens is 2. The van der Waals surface area contributed by atoms with Gasteiger partial charge in [0.15, 0.2) is 0 Å². The van der Waals surface area contributed by atoms with Crippen LogP contribution in [0.2, 0.25) is 0 Å². The van der Waals surface area contributed by atoms with Gasteiger partial charge in [0.2, 0.25) is 0 Å². The van der Waals surface area contributed by atoms with Gasteiger partial charge in [0.25, 0.3) is 0 Å². The Kier molecular flexibility index (Phi) is 3.23. The molecule has 0 bridgehead atoms. The summed E-state index contributed by atoms with van der Waals surface area (Å²) in [7, 11) is 0. The van der Waals surface area contributed by atoms with Crippen LogP contribution in [0.1, 0.15) is 11.1 Å². The average molecular weight is 298 g/mol. The smallest absolute Gasteiger partial charge is 0.100 e. The quantitative estimate of drug-likeness (QED) is 0.519. The summed E-state index contributed by atoms with van der Waals surface area (Å²) in [6, 6.07) is 23.2. The molecule has 0 aliphatic rings. The maximum Gasteiger partial charge on any atom is 0.100 e. The molecule has 112 valence electrons. The number of nitrogens with zero attached hydrogens (tertiary/aromatic N) is 1. The number of benzene rings is 3. The number of hydrogen-bond acceptors (Lipinski definition) is 1. The van der Waals surface area contributed by atoms with Crippen LogP contribution >= 0.6 is 0 Å². The lowest BCUT2D eigenvalue weighted by atomic mass is 9.90. The Labute approximate surface area is 135 Å². The van der Waals surface area contributed by atoms with E-state index in [1.54, 1.807) is 0 Å². The van der Waals surface area contributed by atoms with Crippen LogP contribution in [0.4, 0.5) is 0 Å². The Morgan fingerprint density at radius 2 is 1.52 bits per heavy atom. The lowest BCUT2D eigenvalue weighted by Crippen LogP contribution is -1.92. The maximum atomic E-state index is 4.57. The predicted octanol–water partition coefficient (Wildman–Crippen LogP) is 5.51. The molecule has 0 fully saturated rings. The highest BCUT2D eigenvalue weighted by Crippen LogP contribution is 2.36. The van der Waals surface area contributed by atoms with Crippen LogP contribution in [0.15, 0.2) is 66.7 Å². The fourth-order valence-electron chi connectivity index (χ4n) is 3.32. The van der Waals surface area contributed by atoms with Crippen molar-refractivity contribution in [1.29, 1.82) is 0 Å². The van der Waals surface area contributed by atoms with Gasteiger partial charge in [-0.2, -0.15) is 5.10 Å². The zero-order valence-electron chi connectivity index (χ0n) is 13.3. The van der Waals surface area contributed by atoms with Crippen molar-refractivity contribution in [1.82, 2.24) is 10.2 Å². The van der Waals surface area contributed by atoms with Crippen LogP contribution in [0, 0.1) is 13.8 Å². The first-order chi connectivity index (χ1) is 11.3. The Bertz CT molecular complexity index is 981. The van der Waals surface area contributed by atoms with Gasteiger partial charge in [-0.05, 0) is 42.2 Å². The Hall–Kier alpha value is -2.87. The van der Waals surface area contributed by atoms with Gasteiger partial charge in [-0.3, -0.25) is 5.10 Å². The first kappa shape index (κ1) is 13.8. The van der Waals surface area contributed by atoms with Gasteiger partial charge >= 0.3 is 0 Å². The number of nitrogens with one attached hydrogen (secondary N) is 1. The van der Waals surface area contributed by atoms with Crippen LogP contribution in [0.25, 0.3) is 33.3 Å². The summed E-state index contributed by atoms with van der Waals surface area (Å²) in [5.41, 5.74) is 8.40. The zero-order valence-corrected chi connectivity index (χ0v) is 13.3. The van der Waals surface area contributed by atoms with Gasteiger partial charge in [-0.15, -0.1) is 0 Å². The fraction of sp³-hybridized carbons (Fsp3) is 0.0952. The SMILES string of the molecule is Cc1ccc(-c2n[nH]c3ccccc23)c(C)c1-c1ccccc1. The molecule has 0 unspecified atom stereocenters. The molecule has 0 saturated carbocycles. The molecule has 2 nitrogen and oxygen atoms in total. The maximum absolute atomic E-state index is 4.57. The fourth-order valence-corrected chi connectivity index (χ4v) is 3.32. The molecule has 1 N–H and O–H groups in total. The van der Waals surface area contributed by atoms with Gasteiger partial charge in [-0.25, -0.2) is 0 Å². The standard InChI is InChI=1S/C21H18N2/c1-14-12-13-17(15(2)20(14)16-8-4-3-5-9-16)21-18-10-6-7-11-19(18)22-23-21/h3-13H,1-2H3,(H,22,23). The van der Waals surface area contributed by atoms with Crippen molar-refractivity contribution < 1.29 is 0 Å². The van der Waals surface area contributed by atoms with Gasteiger partial charge in [0.05, 0.1) is 5.52 Å². The van der Waals surface area contributed by atoms with E-state index >= 15 is 0 Å². The van der Waals surface area contributed by atoms with Gasteiger partial charge in [-0.1, -0.05) is 60.7 Å². The second kappa shape index (κ2) is 5.40. The Morgan fingerprint density at radius 3 is 2.35 bits per heavy atom. The molecule has 0 aliphatic heterocycles. The number of H-pyrrole nitrogens is 1. The van der Waals surface area contributed by atoms with Gasteiger partial charge in [0, 0.05) is 10.9 Å². The lowest BCUT2D eigenvalue weighted by molar-refractivity contribution is 1.12. The van der Waals surface area contributed by atoms with E-state index in [1.165, 1.54) is 33.2 Å². The third kappa shape index (κ3) is 2.23. The highest BCUT2D eigenvalue weighted by atomic mass is 15.1. The highest BCUT2D eigenvalue weighted by molar-refractivity contribution is 5.95. The van der Waals surface area contributed by atoms with Crippen LogP contribution in [-0.2, 0) is 0 Å². The van der Waals surface area contributed by atoms with Crippen LogP contribution in [-0.4, -0.2) is 10.2 Å². The molecule has 0 aliphatic carbocycles. The molecule has 4 rings (SSSR count). The van der Waals surface area contributed by atoms with E-state index in [-0.39, 0.29) is 0 Å². The average Bonchev–Trinajstić information content (AvgIpc) is 3.00. The van der Waals surface area contributed by atoms with Crippen molar-refractivity contribution in [2.75, 3.05) is 0 Å². The summed E-state index contributed by atoms with van der Waals surface area (Å²) in [6.45, 7) is 4.36. The molecule has 0 spiro atoms. The van der Waals surface area contributed by atoms with Gasteiger partial charge < -0.3 is 0 Å². The number of aryl methyl sites for hydroxylation is 1.